The Balaban J connectivity index is 2.07. The molecule has 1 fully saturated rings. The molecule has 0 spiro atoms. The highest BCUT2D eigenvalue weighted by Crippen LogP contribution is 2.29. The van der Waals surface area contributed by atoms with Crippen molar-refractivity contribution in [2.75, 3.05) is 18.4 Å². The molecule has 2 N–H and O–H groups in total. The van der Waals surface area contributed by atoms with Crippen LogP contribution in [0, 0.1) is 11.8 Å². The van der Waals surface area contributed by atoms with Gasteiger partial charge in [0.25, 0.3) is 0 Å². The number of benzene rings is 1. The van der Waals surface area contributed by atoms with E-state index in [2.05, 4.69) is 5.32 Å². The zero-order chi connectivity index (χ0) is 20.1. The average Bonchev–Trinajstić information content (AvgIpc) is 2.61. The Kier molecular flexibility index (Phi) is 6.82. The van der Waals surface area contributed by atoms with Crippen LogP contribution in [0.4, 0.5) is 5.69 Å². The number of hydrogen-bond donors (Lipinski definition) is 2. The Morgan fingerprint density at radius 1 is 1.15 bits per heavy atom. The fourth-order valence-electron chi connectivity index (χ4n) is 3.08. The van der Waals surface area contributed by atoms with E-state index >= 15 is 0 Å². The highest BCUT2D eigenvalue weighted by atomic mass is 16.5. The molecule has 0 aliphatic carbocycles. The zero-order valence-electron chi connectivity index (χ0n) is 16.3. The smallest absolute Gasteiger partial charge is 0.335 e. The Morgan fingerprint density at radius 2 is 1.78 bits per heavy atom. The third kappa shape index (κ3) is 5.45. The molecule has 0 bridgehead atoms. The fraction of sp³-hybridized carbons (Fsp3) is 0.550. The molecule has 0 atom stereocenters. The van der Waals surface area contributed by atoms with Crippen molar-refractivity contribution >= 4 is 23.5 Å². The van der Waals surface area contributed by atoms with Gasteiger partial charge in [0.1, 0.15) is 5.75 Å². The summed E-state index contributed by atoms with van der Waals surface area (Å²) in [7, 11) is 0. The van der Waals surface area contributed by atoms with Crippen LogP contribution in [0.5, 0.6) is 5.75 Å². The van der Waals surface area contributed by atoms with Crippen LogP contribution in [-0.4, -0.2) is 47.0 Å². The molecule has 1 aromatic carbocycles. The van der Waals surface area contributed by atoms with Gasteiger partial charge in [-0.2, -0.15) is 0 Å². The number of carbonyl (C=O) groups excluding carboxylic acids is 2. The van der Waals surface area contributed by atoms with Gasteiger partial charge in [0.05, 0.1) is 17.4 Å². The van der Waals surface area contributed by atoms with Gasteiger partial charge in [-0.3, -0.25) is 9.59 Å². The van der Waals surface area contributed by atoms with Gasteiger partial charge in [-0.25, -0.2) is 4.79 Å². The molecular weight excluding hydrogens is 348 g/mol. The van der Waals surface area contributed by atoms with Crippen LogP contribution in [0.2, 0.25) is 0 Å². The van der Waals surface area contributed by atoms with E-state index in [1.165, 1.54) is 12.1 Å². The third-order valence-electron chi connectivity index (χ3n) is 4.52. The number of hydrogen-bond acceptors (Lipinski definition) is 4. The van der Waals surface area contributed by atoms with Crippen molar-refractivity contribution in [2.45, 2.75) is 46.6 Å². The molecule has 7 nitrogen and oxygen atoms in total. The largest absolute Gasteiger partial charge is 0.489 e. The van der Waals surface area contributed by atoms with Crippen molar-refractivity contribution in [3.05, 3.63) is 23.8 Å². The van der Waals surface area contributed by atoms with Crippen molar-refractivity contribution in [1.82, 2.24) is 4.90 Å². The number of piperidine rings is 1. The van der Waals surface area contributed by atoms with Crippen molar-refractivity contribution in [3.63, 3.8) is 0 Å². The molecule has 1 saturated heterocycles. The summed E-state index contributed by atoms with van der Waals surface area (Å²) in [6.07, 6.45) is 1.06. The molecule has 1 aromatic rings. The Labute approximate surface area is 159 Å². The first kappa shape index (κ1) is 20.7. The molecule has 7 heteroatoms. The number of ether oxygens (including phenoxy) is 1. The van der Waals surface area contributed by atoms with E-state index in [9.17, 15) is 19.5 Å². The third-order valence-corrected chi connectivity index (χ3v) is 4.52. The lowest BCUT2D eigenvalue weighted by atomic mass is 9.95. The first-order valence-electron chi connectivity index (χ1n) is 9.32. The van der Waals surface area contributed by atoms with Crippen molar-refractivity contribution in [2.24, 2.45) is 11.8 Å². The Hall–Kier alpha value is -2.57. The summed E-state index contributed by atoms with van der Waals surface area (Å²) in [6.45, 7) is 8.56. The zero-order valence-corrected chi connectivity index (χ0v) is 16.3. The normalized spacial score (nSPS) is 15.1. The molecule has 0 unspecified atom stereocenters. The predicted octanol–water partition coefficient (Wildman–Crippen LogP) is 3.01. The molecule has 0 saturated carbocycles. The number of carbonyl (C=O) groups is 3. The van der Waals surface area contributed by atoms with Crippen LogP contribution in [-0.2, 0) is 9.59 Å². The van der Waals surface area contributed by atoms with E-state index in [-0.39, 0.29) is 35.3 Å². The first-order chi connectivity index (χ1) is 12.7. The van der Waals surface area contributed by atoms with Crippen LogP contribution in [0.1, 0.15) is 50.9 Å². The number of likely N-dealkylation sites (tertiary alicyclic amines) is 1. The van der Waals surface area contributed by atoms with Gasteiger partial charge in [0, 0.05) is 24.9 Å². The highest BCUT2D eigenvalue weighted by Gasteiger charge is 2.28. The van der Waals surface area contributed by atoms with Crippen LogP contribution >= 0.6 is 0 Å². The van der Waals surface area contributed by atoms with Gasteiger partial charge >= 0.3 is 5.97 Å². The lowest BCUT2D eigenvalue weighted by molar-refractivity contribution is -0.137. The van der Waals surface area contributed by atoms with E-state index in [0.29, 0.717) is 37.4 Å². The van der Waals surface area contributed by atoms with E-state index in [0.717, 1.165) is 0 Å². The molecule has 2 amide bonds. The van der Waals surface area contributed by atoms with Gasteiger partial charge < -0.3 is 20.1 Å². The molecule has 1 aliphatic heterocycles. The van der Waals surface area contributed by atoms with E-state index in [1.807, 2.05) is 27.7 Å². The number of carboxylic acids is 1. The number of carboxylic acid groups (broad SMARTS) is 1. The van der Waals surface area contributed by atoms with Crippen molar-refractivity contribution < 1.29 is 24.2 Å². The second-order valence-electron chi connectivity index (χ2n) is 7.43. The van der Waals surface area contributed by atoms with E-state index < -0.39 is 5.97 Å². The molecular formula is C20H28N2O5. The summed E-state index contributed by atoms with van der Waals surface area (Å²) in [4.78, 5) is 37.8. The lowest BCUT2D eigenvalue weighted by Gasteiger charge is -2.32. The summed E-state index contributed by atoms with van der Waals surface area (Å²) < 4.78 is 5.68. The Bertz CT molecular complexity index is 706. The summed E-state index contributed by atoms with van der Waals surface area (Å²) in [5, 5.41) is 12.0. The summed E-state index contributed by atoms with van der Waals surface area (Å²) in [6, 6.07) is 4.42. The van der Waals surface area contributed by atoms with Gasteiger partial charge in [-0.15, -0.1) is 0 Å². The fourth-order valence-corrected chi connectivity index (χ4v) is 3.08. The predicted molar refractivity (Wildman–Crippen MR) is 102 cm³/mol. The number of nitrogens with one attached hydrogen (secondary N) is 1. The molecule has 148 valence electrons. The quantitative estimate of drug-likeness (QED) is 0.796. The van der Waals surface area contributed by atoms with Crippen LogP contribution in [0.25, 0.3) is 0 Å². The SMILES string of the molecule is CC(C)Oc1ccc(C(=O)O)cc1NC(=O)C1CCN(C(=O)C(C)C)CC1. The maximum atomic E-state index is 12.7. The van der Waals surface area contributed by atoms with Gasteiger partial charge in [-0.05, 0) is 44.9 Å². The van der Waals surface area contributed by atoms with Gasteiger partial charge in [0.2, 0.25) is 11.8 Å². The molecule has 27 heavy (non-hydrogen) atoms. The average molecular weight is 376 g/mol. The Morgan fingerprint density at radius 3 is 2.30 bits per heavy atom. The van der Waals surface area contributed by atoms with E-state index in [4.69, 9.17) is 4.74 Å². The summed E-state index contributed by atoms with van der Waals surface area (Å²) >= 11 is 0. The highest BCUT2D eigenvalue weighted by molar-refractivity contribution is 5.96. The number of amides is 2. The van der Waals surface area contributed by atoms with Crippen LogP contribution in [0.3, 0.4) is 0 Å². The minimum absolute atomic E-state index is 0.0510. The van der Waals surface area contributed by atoms with E-state index in [1.54, 1.807) is 11.0 Å². The monoisotopic (exact) mass is 376 g/mol. The molecule has 0 aromatic heterocycles. The minimum Gasteiger partial charge on any atom is -0.489 e. The topological polar surface area (TPSA) is 95.9 Å². The van der Waals surface area contributed by atoms with Crippen LogP contribution in [0.15, 0.2) is 18.2 Å². The molecule has 2 rings (SSSR count). The summed E-state index contributed by atoms with van der Waals surface area (Å²) in [5.74, 6) is -0.970. The number of rotatable bonds is 6. The van der Waals surface area contributed by atoms with Crippen LogP contribution < -0.4 is 10.1 Å². The number of nitrogens with zero attached hydrogens (tertiary/aromatic N) is 1. The standard InChI is InChI=1S/C20H28N2O5/c1-12(2)19(24)22-9-7-14(8-10-22)18(23)21-16-11-15(20(25)26)5-6-17(16)27-13(3)4/h5-6,11-14H,7-10H2,1-4H3,(H,21,23)(H,25,26). The minimum atomic E-state index is -1.07. The van der Waals surface area contributed by atoms with Crippen molar-refractivity contribution in [3.8, 4) is 5.75 Å². The second kappa shape index (κ2) is 8.88. The molecule has 1 aliphatic rings. The molecule has 1 heterocycles. The number of anilines is 1. The summed E-state index contributed by atoms with van der Waals surface area (Å²) in [5.41, 5.74) is 0.438. The van der Waals surface area contributed by atoms with Gasteiger partial charge in [-0.1, -0.05) is 13.8 Å². The van der Waals surface area contributed by atoms with Crippen molar-refractivity contribution in [1.29, 1.82) is 0 Å². The first-order valence-corrected chi connectivity index (χ1v) is 9.32. The maximum Gasteiger partial charge on any atom is 0.335 e. The van der Waals surface area contributed by atoms with Gasteiger partial charge in [0.15, 0.2) is 0 Å². The maximum absolute atomic E-state index is 12.7. The molecule has 0 radical (unpaired) electrons. The number of aromatic carboxylic acids is 1. The second-order valence-corrected chi connectivity index (χ2v) is 7.43. The lowest BCUT2D eigenvalue weighted by Crippen LogP contribution is -2.43.